The molecule has 1 aromatic heterocycles. The Morgan fingerprint density at radius 1 is 1.35 bits per heavy atom. The maximum atomic E-state index is 9.87. The lowest BCUT2D eigenvalue weighted by Gasteiger charge is -2.32. The molecule has 4 nitrogen and oxygen atoms in total. The minimum Gasteiger partial charge on any atom is -0.479 e. The molecule has 0 saturated carbocycles. The standard InChI is InChI=1S/C13H18N2O2/c1-13(2)7-9(6-10(16)8-13)11-12(17-3)15-5-4-14-11/h4-6,10,16H,7-8H2,1-3H3. The van der Waals surface area contributed by atoms with Crippen LogP contribution in [0.2, 0.25) is 0 Å². The van der Waals surface area contributed by atoms with Crippen molar-refractivity contribution in [2.75, 3.05) is 7.11 Å². The number of allylic oxidation sites excluding steroid dienone is 1. The fourth-order valence-corrected chi connectivity index (χ4v) is 2.36. The van der Waals surface area contributed by atoms with Crippen LogP contribution in [0.5, 0.6) is 5.88 Å². The topological polar surface area (TPSA) is 55.2 Å². The van der Waals surface area contributed by atoms with E-state index in [1.807, 2.05) is 6.08 Å². The Balaban J connectivity index is 2.39. The number of hydrogen-bond donors (Lipinski definition) is 1. The molecule has 92 valence electrons. The summed E-state index contributed by atoms with van der Waals surface area (Å²) in [6.45, 7) is 4.29. The minimum atomic E-state index is -0.416. The molecule has 0 spiro atoms. The van der Waals surface area contributed by atoms with Crippen LogP contribution in [-0.4, -0.2) is 28.3 Å². The third-order valence-corrected chi connectivity index (χ3v) is 2.99. The van der Waals surface area contributed by atoms with Crippen molar-refractivity contribution in [2.24, 2.45) is 5.41 Å². The van der Waals surface area contributed by atoms with Crippen molar-refractivity contribution in [2.45, 2.75) is 32.8 Å². The first-order valence-corrected chi connectivity index (χ1v) is 5.76. The number of hydrogen-bond acceptors (Lipinski definition) is 4. The summed E-state index contributed by atoms with van der Waals surface area (Å²) < 4.78 is 5.21. The SMILES string of the molecule is COc1nccnc1C1=CC(O)CC(C)(C)C1. The van der Waals surface area contributed by atoms with E-state index in [1.165, 1.54) is 0 Å². The van der Waals surface area contributed by atoms with Crippen molar-refractivity contribution in [3.8, 4) is 5.88 Å². The first kappa shape index (κ1) is 12.0. The summed E-state index contributed by atoms with van der Waals surface area (Å²) in [6, 6.07) is 0. The number of rotatable bonds is 2. The van der Waals surface area contributed by atoms with Gasteiger partial charge in [-0.1, -0.05) is 19.9 Å². The van der Waals surface area contributed by atoms with Crippen LogP contribution in [0.1, 0.15) is 32.4 Å². The maximum absolute atomic E-state index is 9.87. The van der Waals surface area contributed by atoms with Gasteiger partial charge in [-0.3, -0.25) is 0 Å². The molecule has 2 rings (SSSR count). The Kier molecular flexibility index (Phi) is 3.15. The third kappa shape index (κ3) is 2.64. The lowest BCUT2D eigenvalue weighted by Crippen LogP contribution is -2.24. The molecular formula is C13H18N2O2. The van der Waals surface area contributed by atoms with E-state index in [9.17, 15) is 5.11 Å². The lowest BCUT2D eigenvalue weighted by molar-refractivity contribution is 0.146. The van der Waals surface area contributed by atoms with Gasteiger partial charge in [0.1, 0.15) is 5.69 Å². The molecule has 1 atom stereocenters. The van der Waals surface area contributed by atoms with Crippen molar-refractivity contribution in [3.63, 3.8) is 0 Å². The minimum absolute atomic E-state index is 0.0754. The fraction of sp³-hybridized carbons (Fsp3) is 0.538. The summed E-state index contributed by atoms with van der Waals surface area (Å²) in [7, 11) is 1.58. The van der Waals surface area contributed by atoms with Gasteiger partial charge < -0.3 is 9.84 Å². The van der Waals surface area contributed by atoms with E-state index in [0.717, 1.165) is 24.1 Å². The molecule has 0 fully saturated rings. The number of aliphatic hydroxyl groups excluding tert-OH is 1. The Morgan fingerprint density at radius 3 is 2.71 bits per heavy atom. The zero-order chi connectivity index (χ0) is 12.5. The second-order valence-electron chi connectivity index (χ2n) is 5.22. The molecule has 1 aliphatic carbocycles. The summed E-state index contributed by atoms with van der Waals surface area (Å²) in [6.07, 6.45) is 6.34. The van der Waals surface area contributed by atoms with Gasteiger partial charge in [0.15, 0.2) is 0 Å². The second-order valence-corrected chi connectivity index (χ2v) is 5.22. The van der Waals surface area contributed by atoms with Crippen LogP contribution in [0.3, 0.4) is 0 Å². The summed E-state index contributed by atoms with van der Waals surface area (Å²) in [5.74, 6) is 0.517. The Morgan fingerprint density at radius 2 is 2.06 bits per heavy atom. The molecule has 0 bridgehead atoms. The highest BCUT2D eigenvalue weighted by molar-refractivity contribution is 5.67. The molecule has 4 heteroatoms. The van der Waals surface area contributed by atoms with Gasteiger partial charge in [-0.05, 0) is 23.8 Å². The number of ether oxygens (including phenoxy) is 1. The van der Waals surface area contributed by atoms with Crippen LogP contribution in [0.4, 0.5) is 0 Å². The highest BCUT2D eigenvalue weighted by Crippen LogP contribution is 2.40. The van der Waals surface area contributed by atoms with Crippen LogP contribution < -0.4 is 4.74 Å². The van der Waals surface area contributed by atoms with E-state index in [2.05, 4.69) is 23.8 Å². The summed E-state index contributed by atoms with van der Waals surface area (Å²) >= 11 is 0. The molecule has 1 unspecified atom stereocenters. The number of nitrogens with zero attached hydrogens (tertiary/aromatic N) is 2. The van der Waals surface area contributed by atoms with Gasteiger partial charge in [-0.25, -0.2) is 9.97 Å². The zero-order valence-electron chi connectivity index (χ0n) is 10.5. The quantitative estimate of drug-likeness (QED) is 0.851. The summed E-state index contributed by atoms with van der Waals surface area (Å²) in [5, 5.41) is 9.87. The third-order valence-electron chi connectivity index (χ3n) is 2.99. The van der Waals surface area contributed by atoms with Gasteiger partial charge in [-0.2, -0.15) is 0 Å². The van der Waals surface area contributed by atoms with Crippen LogP contribution in [-0.2, 0) is 0 Å². The van der Waals surface area contributed by atoms with Crippen LogP contribution >= 0.6 is 0 Å². The molecule has 1 aromatic rings. The number of methoxy groups -OCH3 is 1. The van der Waals surface area contributed by atoms with E-state index >= 15 is 0 Å². The molecule has 17 heavy (non-hydrogen) atoms. The first-order valence-electron chi connectivity index (χ1n) is 5.76. The van der Waals surface area contributed by atoms with Gasteiger partial charge in [0, 0.05) is 12.4 Å². The smallest absolute Gasteiger partial charge is 0.239 e. The lowest BCUT2D eigenvalue weighted by atomic mass is 9.75. The Bertz CT molecular complexity index is 441. The van der Waals surface area contributed by atoms with E-state index < -0.39 is 6.10 Å². The Hall–Kier alpha value is -1.42. The Labute approximate surface area is 101 Å². The molecule has 1 aliphatic rings. The molecule has 0 aliphatic heterocycles. The van der Waals surface area contributed by atoms with Crippen LogP contribution in [0.15, 0.2) is 18.5 Å². The van der Waals surface area contributed by atoms with E-state index in [-0.39, 0.29) is 5.41 Å². The largest absolute Gasteiger partial charge is 0.479 e. The van der Waals surface area contributed by atoms with Crippen molar-refractivity contribution >= 4 is 5.57 Å². The predicted molar refractivity (Wildman–Crippen MR) is 65.6 cm³/mol. The molecule has 0 radical (unpaired) electrons. The monoisotopic (exact) mass is 234 g/mol. The van der Waals surface area contributed by atoms with Gasteiger partial charge >= 0.3 is 0 Å². The molecule has 0 aromatic carbocycles. The van der Waals surface area contributed by atoms with Crippen LogP contribution in [0, 0.1) is 5.41 Å². The maximum Gasteiger partial charge on any atom is 0.239 e. The average Bonchev–Trinajstić information content (AvgIpc) is 2.26. The summed E-state index contributed by atoms with van der Waals surface area (Å²) in [5.41, 5.74) is 1.83. The van der Waals surface area contributed by atoms with E-state index in [0.29, 0.717) is 5.88 Å². The summed E-state index contributed by atoms with van der Waals surface area (Å²) in [4.78, 5) is 8.44. The molecule has 1 N–H and O–H groups in total. The normalized spacial score (nSPS) is 23.1. The van der Waals surface area contributed by atoms with Gasteiger partial charge in [-0.15, -0.1) is 0 Å². The van der Waals surface area contributed by atoms with E-state index in [4.69, 9.17) is 4.74 Å². The van der Waals surface area contributed by atoms with Gasteiger partial charge in [0.2, 0.25) is 5.88 Å². The van der Waals surface area contributed by atoms with E-state index in [1.54, 1.807) is 19.5 Å². The van der Waals surface area contributed by atoms with Crippen molar-refractivity contribution in [1.29, 1.82) is 0 Å². The fourth-order valence-electron chi connectivity index (χ4n) is 2.36. The number of aromatic nitrogens is 2. The predicted octanol–water partition coefficient (Wildman–Crippen LogP) is 2.05. The highest BCUT2D eigenvalue weighted by atomic mass is 16.5. The zero-order valence-corrected chi connectivity index (χ0v) is 10.5. The molecule has 0 saturated heterocycles. The second kappa shape index (κ2) is 4.45. The van der Waals surface area contributed by atoms with Crippen LogP contribution in [0.25, 0.3) is 5.57 Å². The van der Waals surface area contributed by atoms with Crippen molar-refractivity contribution < 1.29 is 9.84 Å². The first-order chi connectivity index (χ1) is 8.02. The average molecular weight is 234 g/mol. The highest BCUT2D eigenvalue weighted by Gasteiger charge is 2.29. The molecular weight excluding hydrogens is 216 g/mol. The van der Waals surface area contributed by atoms with Crippen molar-refractivity contribution in [1.82, 2.24) is 9.97 Å². The number of aliphatic hydroxyl groups is 1. The van der Waals surface area contributed by atoms with Gasteiger partial charge in [0.05, 0.1) is 13.2 Å². The van der Waals surface area contributed by atoms with Gasteiger partial charge in [0.25, 0.3) is 0 Å². The molecule has 1 heterocycles. The molecule has 0 amide bonds. The van der Waals surface area contributed by atoms with Crippen molar-refractivity contribution in [3.05, 3.63) is 24.2 Å².